The quantitative estimate of drug-likeness (QED) is 0.808. The zero-order chi connectivity index (χ0) is 13.7. The molecule has 1 spiro atoms. The molecule has 8 heteroatoms. The van der Waals surface area contributed by atoms with Crippen LogP contribution in [0, 0.1) is 0 Å². The van der Waals surface area contributed by atoms with Crippen LogP contribution in [0.15, 0.2) is 0 Å². The topological polar surface area (TPSA) is 41.6 Å². The summed E-state index contributed by atoms with van der Waals surface area (Å²) in [5.74, 6) is 0. The Balaban J connectivity index is 0.00000147. The van der Waals surface area contributed by atoms with Gasteiger partial charge in [-0.3, -0.25) is 4.90 Å². The maximum atomic E-state index is 12.3. The van der Waals surface area contributed by atoms with Crippen molar-refractivity contribution in [1.29, 1.82) is 0 Å². The summed E-state index contributed by atoms with van der Waals surface area (Å²) in [5, 5.41) is 3.44. The molecule has 0 aromatic heterocycles. The highest BCUT2D eigenvalue weighted by molar-refractivity contribution is 5.85. The van der Waals surface area contributed by atoms with Crippen LogP contribution in [0.25, 0.3) is 0 Å². The second-order valence-electron chi connectivity index (χ2n) is 5.88. The number of hydrogen-bond acceptors (Lipinski definition) is 3. The Bertz CT molecular complexity index is 379. The summed E-state index contributed by atoms with van der Waals surface area (Å²) in [6, 6.07) is 0.696. The van der Waals surface area contributed by atoms with Crippen LogP contribution in [0.2, 0.25) is 0 Å². The van der Waals surface area contributed by atoms with E-state index in [4.69, 9.17) is 4.74 Å². The third-order valence-corrected chi connectivity index (χ3v) is 4.34. The third-order valence-electron chi connectivity index (χ3n) is 4.34. The van der Waals surface area contributed by atoms with Crippen molar-refractivity contribution < 1.29 is 22.7 Å². The fourth-order valence-corrected chi connectivity index (χ4v) is 3.58. The molecule has 3 rings (SSSR count). The molecule has 2 atom stereocenters. The molecule has 0 aliphatic carbocycles. The summed E-state index contributed by atoms with van der Waals surface area (Å²) < 4.78 is 42.4. The molecule has 2 unspecified atom stereocenters. The lowest BCUT2D eigenvalue weighted by atomic mass is 9.83. The molecule has 0 aromatic carbocycles. The lowest BCUT2D eigenvalue weighted by Crippen LogP contribution is -2.57. The van der Waals surface area contributed by atoms with Crippen LogP contribution in [-0.2, 0) is 4.74 Å². The minimum absolute atomic E-state index is 0. The van der Waals surface area contributed by atoms with Crippen LogP contribution in [0.5, 0.6) is 0 Å². The highest BCUT2D eigenvalue weighted by atomic mass is 35.5. The first kappa shape index (κ1) is 15.7. The van der Waals surface area contributed by atoms with Crippen LogP contribution in [-0.4, -0.2) is 47.9 Å². The minimum Gasteiger partial charge on any atom is -0.443 e. The lowest BCUT2D eigenvalue weighted by Gasteiger charge is -2.45. The van der Waals surface area contributed by atoms with E-state index in [-0.39, 0.29) is 19.0 Å². The zero-order valence-electron chi connectivity index (χ0n) is 10.9. The first-order chi connectivity index (χ1) is 8.85. The van der Waals surface area contributed by atoms with Gasteiger partial charge in [0.2, 0.25) is 0 Å². The summed E-state index contributed by atoms with van der Waals surface area (Å²) in [4.78, 5) is 12.5. The van der Waals surface area contributed by atoms with Crippen molar-refractivity contribution in [3.63, 3.8) is 0 Å². The maximum absolute atomic E-state index is 12.3. The number of hydrogen-bond donors (Lipinski definition) is 1. The first-order valence-electron chi connectivity index (χ1n) is 6.66. The number of nitrogens with zero attached hydrogens (tertiary/aromatic N) is 1. The van der Waals surface area contributed by atoms with E-state index in [0.717, 1.165) is 30.6 Å². The molecule has 116 valence electrons. The van der Waals surface area contributed by atoms with Crippen LogP contribution in [0.1, 0.15) is 32.1 Å². The van der Waals surface area contributed by atoms with Gasteiger partial charge < -0.3 is 10.1 Å². The van der Waals surface area contributed by atoms with Crippen LogP contribution in [0.4, 0.5) is 18.0 Å². The fourth-order valence-electron chi connectivity index (χ4n) is 3.58. The maximum Gasteiger partial charge on any atom is 0.410 e. The summed E-state index contributed by atoms with van der Waals surface area (Å²) in [6.07, 6.45) is -1.08. The summed E-state index contributed by atoms with van der Waals surface area (Å²) in [7, 11) is 0. The SMILES string of the molecule is Cl.O=C1OC2(CCN1CC(F)(F)F)CC1CCC(C2)N1. The molecular formula is C12H18ClF3N2O2. The Kier molecular flexibility index (Phi) is 4.12. The first-order valence-corrected chi connectivity index (χ1v) is 6.66. The summed E-state index contributed by atoms with van der Waals surface area (Å²) in [5.41, 5.74) is -0.531. The molecule has 4 nitrogen and oxygen atoms in total. The molecule has 1 N–H and O–H groups in total. The highest BCUT2D eigenvalue weighted by Gasteiger charge is 2.50. The number of fused-ring (bicyclic) bond motifs is 2. The number of rotatable bonds is 1. The molecule has 3 heterocycles. The van der Waals surface area contributed by atoms with Crippen molar-refractivity contribution >= 4 is 18.5 Å². The van der Waals surface area contributed by atoms with Gasteiger partial charge in [0.1, 0.15) is 12.1 Å². The Morgan fingerprint density at radius 1 is 1.30 bits per heavy atom. The van der Waals surface area contributed by atoms with E-state index in [2.05, 4.69) is 5.32 Å². The number of halogens is 4. The van der Waals surface area contributed by atoms with E-state index < -0.39 is 24.4 Å². The monoisotopic (exact) mass is 314 g/mol. The number of ether oxygens (including phenoxy) is 1. The van der Waals surface area contributed by atoms with Gasteiger partial charge in [-0.15, -0.1) is 12.4 Å². The van der Waals surface area contributed by atoms with Gasteiger partial charge in [-0.2, -0.15) is 13.2 Å². The highest BCUT2D eigenvalue weighted by Crippen LogP contribution is 2.41. The van der Waals surface area contributed by atoms with E-state index >= 15 is 0 Å². The summed E-state index contributed by atoms with van der Waals surface area (Å²) >= 11 is 0. The van der Waals surface area contributed by atoms with Gasteiger partial charge in [-0.1, -0.05) is 0 Å². The number of alkyl halides is 3. The van der Waals surface area contributed by atoms with Gasteiger partial charge in [-0.25, -0.2) is 4.79 Å². The number of amides is 1. The average Bonchev–Trinajstić information content (AvgIpc) is 2.62. The van der Waals surface area contributed by atoms with Crippen LogP contribution >= 0.6 is 12.4 Å². The molecule has 3 aliphatic heterocycles. The standard InChI is InChI=1S/C12H17F3N2O2.ClH/c13-12(14,15)7-17-4-3-11(19-10(17)18)5-8-1-2-9(6-11)16-8;/h8-9,16H,1-7H2;1H. The molecule has 3 fully saturated rings. The van der Waals surface area contributed by atoms with Gasteiger partial charge in [0.05, 0.1) is 0 Å². The van der Waals surface area contributed by atoms with Crippen molar-refractivity contribution in [2.75, 3.05) is 13.1 Å². The summed E-state index contributed by atoms with van der Waals surface area (Å²) in [6.45, 7) is -1.08. The molecule has 0 saturated carbocycles. The van der Waals surface area contributed by atoms with E-state index in [1.54, 1.807) is 0 Å². The van der Waals surface area contributed by atoms with E-state index in [9.17, 15) is 18.0 Å². The number of piperidine rings is 1. The Morgan fingerprint density at radius 3 is 2.40 bits per heavy atom. The average molecular weight is 315 g/mol. The molecule has 1 amide bonds. The van der Waals surface area contributed by atoms with Crippen molar-refractivity contribution in [2.24, 2.45) is 0 Å². The Hall–Kier alpha value is -0.690. The Labute approximate surface area is 121 Å². The van der Waals surface area contributed by atoms with Crippen LogP contribution in [0.3, 0.4) is 0 Å². The van der Waals surface area contributed by atoms with Gasteiger partial charge >= 0.3 is 12.3 Å². The largest absolute Gasteiger partial charge is 0.443 e. The van der Waals surface area contributed by atoms with Crippen LogP contribution < -0.4 is 5.32 Å². The van der Waals surface area contributed by atoms with Gasteiger partial charge in [-0.05, 0) is 12.8 Å². The minimum atomic E-state index is -4.36. The number of carbonyl (C=O) groups excluding carboxylic acids is 1. The van der Waals surface area contributed by atoms with Gasteiger partial charge in [0.15, 0.2) is 0 Å². The lowest BCUT2D eigenvalue weighted by molar-refractivity contribution is -0.156. The van der Waals surface area contributed by atoms with Gasteiger partial charge in [0, 0.05) is 37.9 Å². The second kappa shape index (κ2) is 5.26. The third kappa shape index (κ3) is 3.14. The van der Waals surface area contributed by atoms with Gasteiger partial charge in [0.25, 0.3) is 0 Å². The number of carbonyl (C=O) groups is 1. The van der Waals surface area contributed by atoms with E-state index in [1.807, 2.05) is 0 Å². The molecule has 0 aromatic rings. The second-order valence-corrected chi connectivity index (χ2v) is 5.88. The predicted molar refractivity (Wildman–Crippen MR) is 67.9 cm³/mol. The number of nitrogens with one attached hydrogen (secondary N) is 1. The molecule has 0 radical (unpaired) electrons. The molecule has 2 bridgehead atoms. The predicted octanol–water partition coefficient (Wildman–Crippen LogP) is 2.47. The molecule has 3 saturated heterocycles. The van der Waals surface area contributed by atoms with Crippen molar-refractivity contribution in [3.8, 4) is 0 Å². The molecular weight excluding hydrogens is 297 g/mol. The smallest absolute Gasteiger partial charge is 0.410 e. The normalized spacial score (nSPS) is 36.8. The molecule has 20 heavy (non-hydrogen) atoms. The van der Waals surface area contributed by atoms with Crippen molar-refractivity contribution in [3.05, 3.63) is 0 Å². The van der Waals surface area contributed by atoms with Crippen molar-refractivity contribution in [2.45, 2.75) is 56.0 Å². The van der Waals surface area contributed by atoms with Crippen molar-refractivity contribution in [1.82, 2.24) is 10.2 Å². The molecule has 3 aliphatic rings. The Morgan fingerprint density at radius 2 is 1.90 bits per heavy atom. The zero-order valence-corrected chi connectivity index (χ0v) is 11.7. The fraction of sp³-hybridized carbons (Fsp3) is 0.917. The van der Waals surface area contributed by atoms with E-state index in [0.29, 0.717) is 18.5 Å². The van der Waals surface area contributed by atoms with E-state index in [1.165, 1.54) is 0 Å².